The average Bonchev–Trinajstić information content (AvgIpc) is 3.04. The molecule has 11 nitrogen and oxygen atoms in total. The Morgan fingerprint density at radius 2 is 1.48 bits per heavy atom. The Bertz CT molecular complexity index is 1290. The molecular weight excluding hydrogens is 563 g/mol. The molecule has 2 aromatic carbocycles. The molecule has 12 heteroatoms. The lowest BCUT2D eigenvalue weighted by molar-refractivity contribution is -0.146. The van der Waals surface area contributed by atoms with Crippen LogP contribution in [0.3, 0.4) is 0 Å². The number of nitrogens with one attached hydrogen (secondary N) is 4. The number of benzene rings is 2. The van der Waals surface area contributed by atoms with Crippen LogP contribution in [0.2, 0.25) is 0 Å². The molecule has 0 saturated heterocycles. The number of carbonyl (C=O) groups is 6. The molecule has 1 aliphatic rings. The zero-order valence-electron chi connectivity index (χ0n) is 24.9. The Balaban J connectivity index is 1.67. The second-order valence-corrected chi connectivity index (χ2v) is 10.8. The van der Waals surface area contributed by atoms with Crippen LogP contribution in [-0.4, -0.2) is 61.8 Å². The Hall–Kier alpha value is -4.48. The van der Waals surface area contributed by atoms with Crippen LogP contribution in [0.5, 0.6) is 0 Å². The van der Waals surface area contributed by atoms with Gasteiger partial charge in [0.15, 0.2) is 5.81 Å². The van der Waals surface area contributed by atoms with Crippen LogP contribution in [0, 0.1) is 5.92 Å². The van der Waals surface area contributed by atoms with Crippen molar-refractivity contribution in [2.75, 3.05) is 6.54 Å². The highest BCUT2D eigenvalue weighted by atomic mass is 16.5. The Kier molecular flexibility index (Phi) is 13.6. The topological polar surface area (TPSA) is 160 Å². The molecule has 0 heterocycles. The molecule has 2 radical (unpaired) electrons. The lowest BCUT2D eigenvalue weighted by Gasteiger charge is -2.31. The standard InChI is InChI=1S/C32H39BN4O7/c1-2-12-24(28(39)31(42)34-19-25(38)44-20-21-13-6-3-7-14-21)35-29(40)26(22-15-8-4-9-16-22)36-30(41)27(37-32(33)43)23-17-10-5-11-18-23/h3-4,6-9,13-16,23-24,26-27H,2,5,10-12,17-20H2,1H3,(H,34,42)(H,35,40)(H,36,41)(H,37,43)/t24?,26-,27-/m0/s1. The van der Waals surface area contributed by atoms with E-state index < -0.39 is 60.0 Å². The van der Waals surface area contributed by atoms with Crippen molar-refractivity contribution in [3.05, 3.63) is 71.8 Å². The quantitative estimate of drug-likeness (QED) is 0.138. The lowest BCUT2D eigenvalue weighted by Crippen LogP contribution is -2.55. The van der Waals surface area contributed by atoms with Crippen molar-refractivity contribution >= 4 is 43.1 Å². The summed E-state index contributed by atoms with van der Waals surface area (Å²) in [5.74, 6) is -5.01. The third-order valence-electron chi connectivity index (χ3n) is 7.45. The summed E-state index contributed by atoms with van der Waals surface area (Å²) in [5, 5.41) is 10.1. The summed E-state index contributed by atoms with van der Waals surface area (Å²) < 4.78 is 5.13. The summed E-state index contributed by atoms with van der Waals surface area (Å²) in [6.07, 6.45) is 4.89. The number of esters is 1. The smallest absolute Gasteiger partial charge is 0.325 e. The zero-order valence-corrected chi connectivity index (χ0v) is 24.9. The van der Waals surface area contributed by atoms with Gasteiger partial charge in [-0.3, -0.25) is 28.8 Å². The minimum atomic E-state index is -1.23. The van der Waals surface area contributed by atoms with E-state index in [1.54, 1.807) is 61.5 Å². The van der Waals surface area contributed by atoms with Gasteiger partial charge in [0.25, 0.3) is 5.91 Å². The van der Waals surface area contributed by atoms with Crippen LogP contribution < -0.4 is 21.3 Å². The highest BCUT2D eigenvalue weighted by Crippen LogP contribution is 2.27. The molecule has 4 amide bonds. The van der Waals surface area contributed by atoms with Crippen molar-refractivity contribution in [1.82, 2.24) is 21.3 Å². The van der Waals surface area contributed by atoms with Crippen LogP contribution in [0.1, 0.15) is 69.0 Å². The molecule has 44 heavy (non-hydrogen) atoms. The van der Waals surface area contributed by atoms with Crippen molar-refractivity contribution in [1.29, 1.82) is 0 Å². The van der Waals surface area contributed by atoms with E-state index in [1.165, 1.54) is 0 Å². The van der Waals surface area contributed by atoms with Crippen molar-refractivity contribution in [2.24, 2.45) is 5.92 Å². The van der Waals surface area contributed by atoms with Crippen LogP contribution in [0.25, 0.3) is 0 Å². The minimum absolute atomic E-state index is 0.0150. The van der Waals surface area contributed by atoms with Gasteiger partial charge in [-0.25, -0.2) is 0 Å². The van der Waals surface area contributed by atoms with Gasteiger partial charge in [-0.05, 0) is 36.3 Å². The zero-order chi connectivity index (χ0) is 31.9. The number of hydrogen-bond acceptors (Lipinski definition) is 7. The van der Waals surface area contributed by atoms with E-state index in [1.807, 2.05) is 6.07 Å². The first-order chi connectivity index (χ1) is 21.2. The van der Waals surface area contributed by atoms with Crippen LogP contribution >= 0.6 is 0 Å². The van der Waals surface area contributed by atoms with E-state index in [0.29, 0.717) is 12.0 Å². The van der Waals surface area contributed by atoms with Gasteiger partial charge in [-0.2, -0.15) is 0 Å². The van der Waals surface area contributed by atoms with Gasteiger partial charge >= 0.3 is 5.97 Å². The second-order valence-electron chi connectivity index (χ2n) is 10.8. The fourth-order valence-corrected chi connectivity index (χ4v) is 5.20. The first-order valence-corrected chi connectivity index (χ1v) is 14.9. The number of amides is 4. The molecule has 232 valence electrons. The Morgan fingerprint density at radius 3 is 2.09 bits per heavy atom. The molecule has 1 unspecified atom stereocenters. The average molecular weight is 602 g/mol. The molecule has 2 aromatic rings. The molecule has 3 atom stereocenters. The van der Waals surface area contributed by atoms with E-state index in [0.717, 1.165) is 37.7 Å². The van der Waals surface area contributed by atoms with Gasteiger partial charge in [0.1, 0.15) is 25.2 Å². The summed E-state index contributed by atoms with van der Waals surface area (Å²) in [7, 11) is 5.37. The van der Waals surface area contributed by atoms with Gasteiger partial charge < -0.3 is 26.0 Å². The normalized spacial score (nSPS) is 15.1. The monoisotopic (exact) mass is 602 g/mol. The molecule has 1 saturated carbocycles. The lowest BCUT2D eigenvalue weighted by atomic mass is 9.83. The van der Waals surface area contributed by atoms with Crippen LogP contribution in [0.15, 0.2) is 60.7 Å². The Labute approximate surface area is 258 Å². The first-order valence-electron chi connectivity index (χ1n) is 14.9. The third-order valence-corrected chi connectivity index (χ3v) is 7.45. The number of hydrogen-bond donors (Lipinski definition) is 4. The highest BCUT2D eigenvalue weighted by molar-refractivity contribution is 6.57. The molecule has 1 aliphatic carbocycles. The molecule has 0 bridgehead atoms. The summed E-state index contributed by atoms with van der Waals surface area (Å²) >= 11 is 0. The molecule has 0 spiro atoms. The minimum Gasteiger partial charge on any atom is -0.460 e. The van der Waals surface area contributed by atoms with Gasteiger partial charge in [0.2, 0.25) is 25.4 Å². The molecule has 3 rings (SSSR count). The Morgan fingerprint density at radius 1 is 0.841 bits per heavy atom. The highest BCUT2D eigenvalue weighted by Gasteiger charge is 2.35. The van der Waals surface area contributed by atoms with Crippen LogP contribution in [0.4, 0.5) is 4.79 Å². The van der Waals surface area contributed by atoms with E-state index in [2.05, 4.69) is 21.3 Å². The largest absolute Gasteiger partial charge is 0.460 e. The van der Waals surface area contributed by atoms with E-state index in [4.69, 9.17) is 12.6 Å². The van der Waals surface area contributed by atoms with Crippen molar-refractivity contribution in [2.45, 2.75) is 76.6 Å². The summed E-state index contributed by atoms with van der Waals surface area (Å²) in [4.78, 5) is 76.6. The number of ether oxygens (including phenoxy) is 1. The summed E-state index contributed by atoms with van der Waals surface area (Å²) in [6.45, 7) is 1.27. The maximum absolute atomic E-state index is 13.6. The van der Waals surface area contributed by atoms with Crippen molar-refractivity contribution < 1.29 is 33.5 Å². The molecule has 0 aromatic heterocycles. The fourth-order valence-electron chi connectivity index (χ4n) is 5.20. The third kappa shape index (κ3) is 10.7. The van der Waals surface area contributed by atoms with E-state index in [9.17, 15) is 28.8 Å². The maximum Gasteiger partial charge on any atom is 0.325 e. The summed E-state index contributed by atoms with van der Waals surface area (Å²) in [5.41, 5.74) is 1.21. The van der Waals surface area contributed by atoms with Crippen molar-refractivity contribution in [3.8, 4) is 0 Å². The second kappa shape index (κ2) is 17.6. The van der Waals surface area contributed by atoms with E-state index in [-0.39, 0.29) is 18.9 Å². The fraction of sp³-hybridized carbons (Fsp3) is 0.438. The molecular formula is C32H39BN4O7. The number of carbonyl (C=O) groups excluding carboxylic acids is 6. The van der Waals surface area contributed by atoms with Gasteiger partial charge in [0.05, 0.1) is 6.04 Å². The molecule has 1 fully saturated rings. The summed E-state index contributed by atoms with van der Waals surface area (Å²) in [6, 6.07) is 14.0. The number of Topliss-reactive ketones (excluding diaryl/α,β-unsaturated/α-hetero) is 1. The van der Waals surface area contributed by atoms with Gasteiger partial charge in [-0.1, -0.05) is 93.3 Å². The van der Waals surface area contributed by atoms with Gasteiger partial charge in [-0.15, -0.1) is 0 Å². The maximum atomic E-state index is 13.6. The predicted molar refractivity (Wildman–Crippen MR) is 163 cm³/mol. The SMILES string of the molecule is [B]C(=O)N[C@H](C(=O)N[C@H](C(=O)NC(CCC)C(=O)C(=O)NCC(=O)OCc1ccccc1)c1ccccc1)C1CCCCC1. The number of rotatable bonds is 15. The predicted octanol–water partition coefficient (Wildman–Crippen LogP) is 2.38. The van der Waals surface area contributed by atoms with Gasteiger partial charge in [0, 0.05) is 0 Å². The van der Waals surface area contributed by atoms with Crippen LogP contribution in [-0.2, 0) is 35.3 Å². The first kappa shape index (κ1) is 34.0. The van der Waals surface area contributed by atoms with Crippen molar-refractivity contribution in [3.63, 3.8) is 0 Å². The van der Waals surface area contributed by atoms with E-state index >= 15 is 0 Å². The number of ketones is 1. The molecule has 0 aliphatic heterocycles. The molecule has 4 N–H and O–H groups in total.